The summed E-state index contributed by atoms with van der Waals surface area (Å²) in [4.78, 5) is 15.2. The van der Waals surface area contributed by atoms with Crippen molar-refractivity contribution >= 4 is 11.5 Å². The largest absolute Gasteiger partial charge is 0.345 e. The number of nitrogens with zero attached hydrogens (tertiary/aromatic N) is 1. The first-order valence-electron chi connectivity index (χ1n) is 3.87. The predicted octanol–water partition coefficient (Wildman–Crippen LogP) is 0.287. The van der Waals surface area contributed by atoms with Crippen molar-refractivity contribution in [2.45, 2.75) is 12.7 Å². The first-order chi connectivity index (χ1) is 5.88. The van der Waals surface area contributed by atoms with Crippen LogP contribution in [-0.4, -0.2) is 31.0 Å². The van der Waals surface area contributed by atoms with E-state index < -0.39 is 6.29 Å². The topological polar surface area (TPSA) is 47.9 Å². The summed E-state index contributed by atoms with van der Waals surface area (Å²) in [6.07, 6.45) is 3.22. The Morgan fingerprint density at radius 3 is 2.83 bits per heavy atom. The van der Waals surface area contributed by atoms with Crippen molar-refractivity contribution in [3.63, 3.8) is 0 Å². The van der Waals surface area contributed by atoms with E-state index in [2.05, 4.69) is 4.99 Å². The number of hydrogen-bond acceptors (Lipinski definition) is 4. The van der Waals surface area contributed by atoms with Crippen LogP contribution < -0.4 is 0 Å². The SMILES string of the molecule is O=C1CC=CN=C1C1OCCO1. The van der Waals surface area contributed by atoms with E-state index in [4.69, 9.17) is 9.47 Å². The van der Waals surface area contributed by atoms with E-state index in [-0.39, 0.29) is 5.78 Å². The molecule has 0 spiro atoms. The number of hydrogen-bond donors (Lipinski definition) is 0. The van der Waals surface area contributed by atoms with Gasteiger partial charge < -0.3 is 9.47 Å². The molecule has 0 N–H and O–H groups in total. The third kappa shape index (κ3) is 1.31. The molecule has 0 amide bonds. The third-order valence-electron chi connectivity index (χ3n) is 1.75. The zero-order chi connectivity index (χ0) is 8.39. The van der Waals surface area contributed by atoms with E-state index in [0.717, 1.165) is 0 Å². The zero-order valence-electron chi connectivity index (χ0n) is 6.53. The van der Waals surface area contributed by atoms with Gasteiger partial charge in [0.1, 0.15) is 5.71 Å². The maximum Gasteiger partial charge on any atom is 0.204 e. The molecule has 0 bridgehead atoms. The van der Waals surface area contributed by atoms with Crippen LogP contribution in [0.3, 0.4) is 0 Å². The Morgan fingerprint density at radius 2 is 2.17 bits per heavy atom. The molecule has 0 atom stereocenters. The van der Waals surface area contributed by atoms with Gasteiger partial charge in [0.2, 0.25) is 6.29 Å². The van der Waals surface area contributed by atoms with Crippen LogP contribution in [0.1, 0.15) is 6.42 Å². The molecular weight excluding hydrogens is 158 g/mol. The normalized spacial score (nSPS) is 24.7. The van der Waals surface area contributed by atoms with Gasteiger partial charge in [-0.3, -0.25) is 9.79 Å². The average Bonchev–Trinajstić information content (AvgIpc) is 2.57. The van der Waals surface area contributed by atoms with Crippen LogP contribution in [-0.2, 0) is 14.3 Å². The summed E-state index contributed by atoms with van der Waals surface area (Å²) in [5.74, 6) is -0.00981. The second-order valence-corrected chi connectivity index (χ2v) is 2.60. The van der Waals surface area contributed by atoms with Crippen molar-refractivity contribution in [2.75, 3.05) is 13.2 Å². The summed E-state index contributed by atoms with van der Waals surface area (Å²) < 4.78 is 10.3. The van der Waals surface area contributed by atoms with E-state index in [0.29, 0.717) is 25.3 Å². The van der Waals surface area contributed by atoms with Gasteiger partial charge in [0.25, 0.3) is 0 Å². The van der Waals surface area contributed by atoms with E-state index in [1.807, 2.05) is 0 Å². The minimum absolute atomic E-state index is 0.00981. The Balaban J connectivity index is 2.14. The van der Waals surface area contributed by atoms with Crippen LogP contribution in [0.4, 0.5) is 0 Å². The fourth-order valence-corrected chi connectivity index (χ4v) is 1.18. The van der Waals surface area contributed by atoms with Crippen LogP contribution in [0.2, 0.25) is 0 Å². The molecule has 2 aliphatic heterocycles. The first-order valence-corrected chi connectivity index (χ1v) is 3.87. The Morgan fingerprint density at radius 1 is 1.42 bits per heavy atom. The van der Waals surface area contributed by atoms with Gasteiger partial charge in [-0.15, -0.1) is 0 Å². The lowest BCUT2D eigenvalue weighted by Crippen LogP contribution is -2.30. The third-order valence-corrected chi connectivity index (χ3v) is 1.75. The number of carbonyl (C=O) groups is 1. The van der Waals surface area contributed by atoms with Gasteiger partial charge in [-0.05, 0) is 0 Å². The van der Waals surface area contributed by atoms with Gasteiger partial charge in [0.15, 0.2) is 5.78 Å². The van der Waals surface area contributed by atoms with E-state index in [1.54, 1.807) is 12.3 Å². The van der Waals surface area contributed by atoms with Crippen molar-refractivity contribution in [2.24, 2.45) is 4.99 Å². The summed E-state index contributed by atoms with van der Waals surface area (Å²) in [6.45, 7) is 1.08. The van der Waals surface area contributed by atoms with Crippen molar-refractivity contribution < 1.29 is 14.3 Å². The molecule has 4 nitrogen and oxygen atoms in total. The second-order valence-electron chi connectivity index (χ2n) is 2.60. The highest BCUT2D eigenvalue weighted by Crippen LogP contribution is 2.11. The van der Waals surface area contributed by atoms with E-state index in [9.17, 15) is 4.79 Å². The maximum absolute atomic E-state index is 11.2. The standard InChI is InChI=1S/C8H9NO3/c10-6-2-1-3-9-7(6)8-11-4-5-12-8/h1,3,8H,2,4-5H2. The van der Waals surface area contributed by atoms with Gasteiger partial charge >= 0.3 is 0 Å². The fourth-order valence-electron chi connectivity index (χ4n) is 1.18. The van der Waals surface area contributed by atoms with Crippen LogP contribution in [0, 0.1) is 0 Å². The van der Waals surface area contributed by atoms with Gasteiger partial charge in [0, 0.05) is 12.6 Å². The average molecular weight is 167 g/mol. The van der Waals surface area contributed by atoms with Crippen molar-refractivity contribution in [3.8, 4) is 0 Å². The second kappa shape index (κ2) is 3.16. The molecule has 2 heterocycles. The molecule has 0 aliphatic carbocycles. The maximum atomic E-state index is 11.2. The van der Waals surface area contributed by atoms with Crippen LogP contribution >= 0.6 is 0 Å². The van der Waals surface area contributed by atoms with Crippen LogP contribution in [0.25, 0.3) is 0 Å². The highest BCUT2D eigenvalue weighted by Gasteiger charge is 2.27. The number of rotatable bonds is 1. The minimum Gasteiger partial charge on any atom is -0.345 e. The molecule has 0 aromatic heterocycles. The molecule has 1 saturated heterocycles. The van der Waals surface area contributed by atoms with Crippen molar-refractivity contribution in [3.05, 3.63) is 12.3 Å². The molecule has 0 radical (unpaired) electrons. The zero-order valence-corrected chi connectivity index (χ0v) is 6.53. The Bertz CT molecular complexity index is 251. The molecule has 0 aromatic rings. The monoisotopic (exact) mass is 167 g/mol. The van der Waals surface area contributed by atoms with Crippen molar-refractivity contribution in [1.29, 1.82) is 0 Å². The molecule has 2 aliphatic rings. The van der Waals surface area contributed by atoms with E-state index in [1.165, 1.54) is 0 Å². The molecule has 4 heteroatoms. The number of aliphatic imine (C=N–C) groups is 1. The smallest absolute Gasteiger partial charge is 0.204 e. The number of carbonyl (C=O) groups excluding carboxylic acids is 1. The molecule has 0 unspecified atom stereocenters. The highest BCUT2D eigenvalue weighted by atomic mass is 16.7. The van der Waals surface area contributed by atoms with Gasteiger partial charge in [0.05, 0.1) is 13.2 Å². The molecule has 2 rings (SSSR count). The summed E-state index contributed by atoms with van der Waals surface area (Å²) in [5, 5.41) is 0. The quantitative estimate of drug-likeness (QED) is 0.563. The lowest BCUT2D eigenvalue weighted by molar-refractivity contribution is -0.113. The fraction of sp³-hybridized carbons (Fsp3) is 0.500. The summed E-state index contributed by atoms with van der Waals surface area (Å²) in [6, 6.07) is 0. The van der Waals surface area contributed by atoms with Crippen LogP contribution in [0.15, 0.2) is 17.3 Å². The Kier molecular flexibility index (Phi) is 2.01. The van der Waals surface area contributed by atoms with Gasteiger partial charge in [-0.1, -0.05) is 6.08 Å². The Labute approximate surface area is 69.9 Å². The molecule has 0 saturated carbocycles. The molecule has 64 valence electrons. The first kappa shape index (κ1) is 7.64. The molecule has 1 fully saturated rings. The molecule has 0 aromatic carbocycles. The van der Waals surface area contributed by atoms with Gasteiger partial charge in [-0.25, -0.2) is 0 Å². The van der Waals surface area contributed by atoms with Gasteiger partial charge in [-0.2, -0.15) is 0 Å². The molecule has 12 heavy (non-hydrogen) atoms. The number of ketones is 1. The highest BCUT2D eigenvalue weighted by molar-refractivity contribution is 6.42. The summed E-state index contributed by atoms with van der Waals surface area (Å²) >= 11 is 0. The number of Topliss-reactive ketones (excluding diaryl/α,β-unsaturated/α-hetero) is 1. The summed E-state index contributed by atoms with van der Waals surface area (Å²) in [5.41, 5.74) is 0.398. The lowest BCUT2D eigenvalue weighted by atomic mass is 10.1. The lowest BCUT2D eigenvalue weighted by Gasteiger charge is -2.11. The van der Waals surface area contributed by atoms with E-state index >= 15 is 0 Å². The number of allylic oxidation sites excluding steroid dienone is 1. The van der Waals surface area contributed by atoms with Crippen LogP contribution in [0.5, 0.6) is 0 Å². The van der Waals surface area contributed by atoms with Crippen molar-refractivity contribution in [1.82, 2.24) is 0 Å². The summed E-state index contributed by atoms with van der Waals surface area (Å²) in [7, 11) is 0. The Hall–Kier alpha value is -1.00. The predicted molar refractivity (Wildman–Crippen MR) is 41.9 cm³/mol. The molecular formula is C8H9NO3. The number of ether oxygens (including phenoxy) is 2. The minimum atomic E-state index is -0.526.